The molecule has 2 heterocycles. The smallest absolute Gasteiger partial charge is 0.255 e. The summed E-state index contributed by atoms with van der Waals surface area (Å²) in [5.41, 5.74) is 0.435. The van der Waals surface area contributed by atoms with E-state index in [1.54, 1.807) is 19.3 Å². The average molecular weight is 347 g/mol. The van der Waals surface area contributed by atoms with E-state index in [9.17, 15) is 9.59 Å². The van der Waals surface area contributed by atoms with Crippen LogP contribution in [0.5, 0.6) is 0 Å². The number of hydrogen-bond donors (Lipinski definition) is 2. The number of furan rings is 2. The van der Waals surface area contributed by atoms with Crippen LogP contribution in [0.1, 0.15) is 41.8 Å². The van der Waals surface area contributed by atoms with Crippen molar-refractivity contribution in [2.45, 2.75) is 26.8 Å². The molecular formula is C18H25N3O4. The van der Waals surface area contributed by atoms with Gasteiger partial charge < -0.3 is 19.5 Å². The van der Waals surface area contributed by atoms with Crippen molar-refractivity contribution in [1.29, 1.82) is 0 Å². The van der Waals surface area contributed by atoms with Gasteiger partial charge in [-0.2, -0.15) is 0 Å². The van der Waals surface area contributed by atoms with Gasteiger partial charge in [0.1, 0.15) is 11.5 Å². The molecule has 0 aliphatic heterocycles. The van der Waals surface area contributed by atoms with Crippen LogP contribution in [0.2, 0.25) is 0 Å². The zero-order valence-corrected chi connectivity index (χ0v) is 14.9. The molecule has 2 amide bonds. The number of likely N-dealkylation sites (N-methyl/N-ethyl adjacent to an activating group) is 1. The molecule has 2 aromatic heterocycles. The van der Waals surface area contributed by atoms with Gasteiger partial charge >= 0.3 is 0 Å². The van der Waals surface area contributed by atoms with Gasteiger partial charge in [0.05, 0.1) is 30.7 Å². The van der Waals surface area contributed by atoms with Gasteiger partial charge in [-0.3, -0.25) is 14.5 Å². The topological polar surface area (TPSA) is 87.7 Å². The third kappa shape index (κ3) is 4.96. The Bertz CT molecular complexity index is 674. The summed E-state index contributed by atoms with van der Waals surface area (Å²) in [6, 6.07) is 5.27. The third-order valence-corrected chi connectivity index (χ3v) is 4.13. The molecule has 0 unspecified atom stereocenters. The van der Waals surface area contributed by atoms with Crippen molar-refractivity contribution in [1.82, 2.24) is 15.5 Å². The van der Waals surface area contributed by atoms with Crippen molar-refractivity contribution >= 4 is 11.8 Å². The lowest BCUT2D eigenvalue weighted by Crippen LogP contribution is -2.42. The molecule has 25 heavy (non-hydrogen) atoms. The fourth-order valence-electron chi connectivity index (χ4n) is 2.70. The molecule has 136 valence electrons. The number of rotatable bonds is 9. The molecule has 2 aromatic rings. The van der Waals surface area contributed by atoms with E-state index in [0.717, 1.165) is 18.8 Å². The molecule has 0 saturated carbocycles. The molecule has 0 spiro atoms. The van der Waals surface area contributed by atoms with E-state index in [1.807, 2.05) is 12.1 Å². The molecular weight excluding hydrogens is 322 g/mol. The highest BCUT2D eigenvalue weighted by Gasteiger charge is 2.21. The van der Waals surface area contributed by atoms with Crippen molar-refractivity contribution in [2.75, 3.05) is 26.2 Å². The third-order valence-electron chi connectivity index (χ3n) is 4.13. The Kier molecular flexibility index (Phi) is 6.82. The lowest BCUT2D eigenvalue weighted by Gasteiger charge is -2.28. The van der Waals surface area contributed by atoms with Crippen molar-refractivity contribution in [3.63, 3.8) is 0 Å². The molecule has 0 aliphatic carbocycles. The first-order valence-corrected chi connectivity index (χ1v) is 8.43. The van der Waals surface area contributed by atoms with Gasteiger partial charge in [0.2, 0.25) is 5.91 Å². The number of carbonyl (C=O) groups is 2. The molecule has 1 atom stereocenters. The summed E-state index contributed by atoms with van der Waals surface area (Å²) in [5, 5.41) is 5.45. The Labute approximate surface area is 147 Å². The largest absolute Gasteiger partial charge is 0.469 e. The second-order valence-electron chi connectivity index (χ2n) is 5.63. The van der Waals surface area contributed by atoms with Gasteiger partial charge in [-0.1, -0.05) is 13.8 Å². The maximum atomic E-state index is 12.1. The maximum Gasteiger partial charge on any atom is 0.255 e. The minimum absolute atomic E-state index is 0.0410. The predicted octanol–water partition coefficient (Wildman–Crippen LogP) is 2.11. The van der Waals surface area contributed by atoms with E-state index in [-0.39, 0.29) is 24.4 Å². The van der Waals surface area contributed by atoms with Gasteiger partial charge in [0.25, 0.3) is 5.91 Å². The van der Waals surface area contributed by atoms with Crippen LogP contribution in [0, 0.1) is 6.92 Å². The highest BCUT2D eigenvalue weighted by Crippen LogP contribution is 2.20. The number of hydrogen-bond acceptors (Lipinski definition) is 5. The summed E-state index contributed by atoms with van der Waals surface area (Å²) >= 11 is 0. The van der Waals surface area contributed by atoms with E-state index in [2.05, 4.69) is 29.4 Å². The zero-order chi connectivity index (χ0) is 18.2. The molecule has 0 radical (unpaired) electrons. The molecule has 2 N–H and O–H groups in total. The van der Waals surface area contributed by atoms with Gasteiger partial charge in [-0.25, -0.2) is 0 Å². The summed E-state index contributed by atoms with van der Waals surface area (Å²) in [6.07, 6.45) is 3.07. The van der Waals surface area contributed by atoms with Crippen LogP contribution in [0.15, 0.2) is 39.6 Å². The summed E-state index contributed by atoms with van der Waals surface area (Å²) < 4.78 is 10.6. The highest BCUT2D eigenvalue weighted by atomic mass is 16.3. The second kappa shape index (κ2) is 9.08. The van der Waals surface area contributed by atoms with Crippen molar-refractivity contribution in [3.8, 4) is 0 Å². The Balaban J connectivity index is 1.86. The van der Waals surface area contributed by atoms with Crippen LogP contribution in [0.25, 0.3) is 0 Å². The first-order chi connectivity index (χ1) is 12.1. The van der Waals surface area contributed by atoms with E-state index in [1.165, 1.54) is 6.26 Å². The summed E-state index contributed by atoms with van der Waals surface area (Å²) in [5.74, 6) is 0.755. The van der Waals surface area contributed by atoms with Crippen LogP contribution in [0.3, 0.4) is 0 Å². The number of aryl methyl sites for hydroxylation is 1. The van der Waals surface area contributed by atoms with Crippen LogP contribution in [-0.4, -0.2) is 42.9 Å². The molecule has 0 saturated heterocycles. The van der Waals surface area contributed by atoms with E-state index >= 15 is 0 Å². The SMILES string of the molecule is CCN(CC)[C@H](CNC(=O)CNC(=O)c1ccoc1C)c1ccco1. The molecule has 0 aliphatic rings. The molecule has 7 nitrogen and oxygen atoms in total. The zero-order valence-electron chi connectivity index (χ0n) is 14.9. The molecule has 7 heteroatoms. The van der Waals surface area contributed by atoms with E-state index in [4.69, 9.17) is 8.83 Å². The fourth-order valence-corrected chi connectivity index (χ4v) is 2.70. The lowest BCUT2D eigenvalue weighted by atomic mass is 10.2. The number of amides is 2. The average Bonchev–Trinajstić information content (AvgIpc) is 3.28. The summed E-state index contributed by atoms with van der Waals surface area (Å²) in [6.45, 7) is 7.83. The second-order valence-corrected chi connectivity index (χ2v) is 5.63. The van der Waals surface area contributed by atoms with Crippen molar-refractivity contribution in [2.24, 2.45) is 0 Å². The number of carbonyl (C=O) groups excluding carboxylic acids is 2. The Morgan fingerprint density at radius 1 is 1.12 bits per heavy atom. The first kappa shape index (κ1) is 18.8. The van der Waals surface area contributed by atoms with Crippen LogP contribution in [0.4, 0.5) is 0 Å². The van der Waals surface area contributed by atoms with E-state index < -0.39 is 0 Å². The highest BCUT2D eigenvalue weighted by molar-refractivity contribution is 5.97. The van der Waals surface area contributed by atoms with Gasteiger partial charge in [0.15, 0.2) is 0 Å². The fraction of sp³-hybridized carbons (Fsp3) is 0.444. The van der Waals surface area contributed by atoms with Gasteiger partial charge in [-0.15, -0.1) is 0 Å². The van der Waals surface area contributed by atoms with Crippen molar-refractivity contribution in [3.05, 3.63) is 47.8 Å². The Hall–Kier alpha value is -2.54. The van der Waals surface area contributed by atoms with Crippen LogP contribution >= 0.6 is 0 Å². The monoisotopic (exact) mass is 347 g/mol. The van der Waals surface area contributed by atoms with Crippen LogP contribution < -0.4 is 10.6 Å². The quantitative estimate of drug-likeness (QED) is 0.725. The first-order valence-electron chi connectivity index (χ1n) is 8.43. The molecule has 0 fully saturated rings. The predicted molar refractivity (Wildman–Crippen MR) is 93.2 cm³/mol. The summed E-state index contributed by atoms with van der Waals surface area (Å²) in [7, 11) is 0. The van der Waals surface area contributed by atoms with Gasteiger partial charge in [0, 0.05) is 6.54 Å². The number of nitrogens with one attached hydrogen (secondary N) is 2. The molecule has 0 aromatic carbocycles. The minimum atomic E-state index is -0.326. The molecule has 2 rings (SSSR count). The molecule has 0 bridgehead atoms. The summed E-state index contributed by atoms with van der Waals surface area (Å²) in [4.78, 5) is 26.3. The Morgan fingerprint density at radius 3 is 2.44 bits per heavy atom. The Morgan fingerprint density at radius 2 is 1.88 bits per heavy atom. The lowest BCUT2D eigenvalue weighted by molar-refractivity contribution is -0.120. The minimum Gasteiger partial charge on any atom is -0.469 e. The standard InChI is InChI=1S/C18H25N3O4/c1-4-21(5-2)15(16-7-6-9-25-16)11-19-17(22)12-20-18(23)14-8-10-24-13(14)3/h6-10,15H,4-5,11-12H2,1-3H3,(H,19,22)(H,20,23)/t15-/m1/s1. The van der Waals surface area contributed by atoms with Gasteiger partial charge in [-0.05, 0) is 38.2 Å². The normalized spacial score (nSPS) is 12.2. The van der Waals surface area contributed by atoms with Crippen molar-refractivity contribution < 1.29 is 18.4 Å². The number of nitrogens with zero attached hydrogens (tertiary/aromatic N) is 1. The van der Waals surface area contributed by atoms with Crippen LogP contribution in [-0.2, 0) is 4.79 Å². The maximum absolute atomic E-state index is 12.1. The van der Waals surface area contributed by atoms with E-state index in [0.29, 0.717) is 17.9 Å².